The zero-order valence-electron chi connectivity index (χ0n) is 14.9. The Morgan fingerprint density at radius 3 is 2.78 bits per heavy atom. The van der Waals surface area contributed by atoms with Gasteiger partial charge in [0.05, 0.1) is 12.3 Å². The second kappa shape index (κ2) is 8.47. The van der Waals surface area contributed by atoms with Gasteiger partial charge in [0.2, 0.25) is 0 Å². The van der Waals surface area contributed by atoms with Gasteiger partial charge in [0.25, 0.3) is 11.5 Å². The van der Waals surface area contributed by atoms with Crippen LogP contribution in [0.3, 0.4) is 0 Å². The van der Waals surface area contributed by atoms with Crippen molar-refractivity contribution < 1.29 is 9.90 Å². The summed E-state index contributed by atoms with van der Waals surface area (Å²) in [5.41, 5.74) is 1.48. The molecule has 27 heavy (non-hydrogen) atoms. The predicted molar refractivity (Wildman–Crippen MR) is 105 cm³/mol. The molecule has 0 radical (unpaired) electrons. The standard InChI is InChI=1S/C19H21ClN4O3/c1-12(11-25)22-18(26)16-10-17(13-2-4-14(20)5-3-13)23-24(19(16)27)15-6-8-21-9-7-15/h2-6,10,12,21,25H,7-9,11H2,1H3,(H,22,26)/t12-/m0/s1. The number of aromatic nitrogens is 2. The average molecular weight is 389 g/mol. The Kier molecular flexibility index (Phi) is 6.05. The van der Waals surface area contributed by atoms with Gasteiger partial charge in [0.15, 0.2) is 0 Å². The summed E-state index contributed by atoms with van der Waals surface area (Å²) in [4.78, 5) is 25.5. The molecule has 0 saturated heterocycles. The Labute approximate surface area is 161 Å². The molecule has 0 bridgehead atoms. The summed E-state index contributed by atoms with van der Waals surface area (Å²) in [5, 5.41) is 20.0. The lowest BCUT2D eigenvalue weighted by Gasteiger charge is -2.17. The van der Waals surface area contributed by atoms with Gasteiger partial charge in [-0.2, -0.15) is 5.10 Å². The molecule has 0 unspecified atom stereocenters. The molecule has 2 heterocycles. The van der Waals surface area contributed by atoms with Gasteiger partial charge in [-0.05, 0) is 31.2 Å². The predicted octanol–water partition coefficient (Wildman–Crippen LogP) is 1.51. The second-order valence-electron chi connectivity index (χ2n) is 6.37. The fourth-order valence-electron chi connectivity index (χ4n) is 2.76. The first-order valence-electron chi connectivity index (χ1n) is 8.71. The number of aliphatic hydroxyl groups is 1. The van der Waals surface area contributed by atoms with Gasteiger partial charge in [-0.25, -0.2) is 4.68 Å². The van der Waals surface area contributed by atoms with E-state index < -0.39 is 17.5 Å². The Morgan fingerprint density at radius 2 is 2.15 bits per heavy atom. The van der Waals surface area contributed by atoms with Gasteiger partial charge < -0.3 is 15.7 Å². The zero-order chi connectivity index (χ0) is 19.4. The lowest BCUT2D eigenvalue weighted by atomic mass is 10.1. The lowest BCUT2D eigenvalue weighted by Crippen LogP contribution is -2.40. The monoisotopic (exact) mass is 388 g/mol. The summed E-state index contributed by atoms with van der Waals surface area (Å²) in [6, 6.07) is 8.04. The summed E-state index contributed by atoms with van der Waals surface area (Å²) in [7, 11) is 0. The molecular formula is C19H21ClN4O3. The van der Waals surface area contributed by atoms with Gasteiger partial charge >= 0.3 is 0 Å². The van der Waals surface area contributed by atoms with Crippen LogP contribution in [0.25, 0.3) is 17.0 Å². The van der Waals surface area contributed by atoms with Crippen LogP contribution in [-0.2, 0) is 0 Å². The Hall–Kier alpha value is -2.48. The quantitative estimate of drug-likeness (QED) is 0.721. The van der Waals surface area contributed by atoms with Crippen LogP contribution in [0.15, 0.2) is 41.2 Å². The average Bonchev–Trinajstić information content (AvgIpc) is 2.69. The smallest absolute Gasteiger partial charge is 0.284 e. The Balaban J connectivity index is 2.12. The number of carbonyl (C=O) groups is 1. The molecule has 1 aromatic carbocycles. The van der Waals surface area contributed by atoms with E-state index >= 15 is 0 Å². The minimum absolute atomic E-state index is 0.0188. The molecule has 1 aliphatic heterocycles. The maximum atomic E-state index is 12.9. The van der Waals surface area contributed by atoms with Crippen molar-refractivity contribution in [3.63, 3.8) is 0 Å². The molecule has 1 aliphatic rings. The number of benzene rings is 1. The molecule has 2 aromatic rings. The van der Waals surface area contributed by atoms with Crippen LogP contribution in [0.4, 0.5) is 0 Å². The highest BCUT2D eigenvalue weighted by Crippen LogP contribution is 2.21. The van der Waals surface area contributed by atoms with E-state index in [0.717, 1.165) is 17.8 Å². The van der Waals surface area contributed by atoms with Crippen LogP contribution in [-0.4, -0.2) is 46.5 Å². The van der Waals surface area contributed by atoms with Crippen LogP contribution in [0.1, 0.15) is 23.7 Å². The van der Waals surface area contributed by atoms with Crippen LogP contribution in [0.5, 0.6) is 0 Å². The maximum Gasteiger partial charge on any atom is 0.284 e. The third kappa shape index (κ3) is 4.44. The van der Waals surface area contributed by atoms with Crippen LogP contribution in [0.2, 0.25) is 5.02 Å². The molecule has 0 spiro atoms. The van der Waals surface area contributed by atoms with Crippen LogP contribution in [0, 0.1) is 0 Å². The number of aliphatic hydroxyl groups excluding tert-OH is 1. The van der Waals surface area contributed by atoms with Crippen LogP contribution < -0.4 is 16.2 Å². The van der Waals surface area contributed by atoms with Crippen molar-refractivity contribution in [2.75, 3.05) is 19.7 Å². The first-order chi connectivity index (χ1) is 13.0. The molecule has 8 heteroatoms. The normalized spacial score (nSPS) is 15.1. The minimum atomic E-state index is -0.539. The lowest BCUT2D eigenvalue weighted by molar-refractivity contribution is 0.0920. The molecule has 3 N–H and O–H groups in total. The highest BCUT2D eigenvalue weighted by molar-refractivity contribution is 6.30. The molecule has 142 valence electrons. The number of nitrogens with one attached hydrogen (secondary N) is 2. The van der Waals surface area contributed by atoms with E-state index in [0.29, 0.717) is 23.7 Å². The number of rotatable bonds is 5. The first-order valence-corrected chi connectivity index (χ1v) is 9.09. The van der Waals surface area contributed by atoms with Gasteiger partial charge in [-0.1, -0.05) is 23.7 Å². The number of hydrogen-bond acceptors (Lipinski definition) is 5. The molecule has 0 aliphatic carbocycles. The van der Waals surface area contributed by atoms with Gasteiger partial charge in [0.1, 0.15) is 5.56 Å². The van der Waals surface area contributed by atoms with Crippen molar-refractivity contribution in [2.45, 2.75) is 19.4 Å². The van der Waals surface area contributed by atoms with E-state index in [1.54, 1.807) is 31.2 Å². The number of amides is 1. The van der Waals surface area contributed by atoms with Crippen molar-refractivity contribution >= 4 is 23.2 Å². The van der Waals surface area contributed by atoms with Crippen molar-refractivity contribution in [1.82, 2.24) is 20.4 Å². The van der Waals surface area contributed by atoms with Gasteiger partial charge in [-0.15, -0.1) is 0 Å². The SMILES string of the molecule is C[C@@H](CO)NC(=O)c1cc(-c2ccc(Cl)cc2)nn(C2=CCNCC2)c1=O. The van der Waals surface area contributed by atoms with Crippen molar-refractivity contribution in [3.05, 3.63) is 57.3 Å². The topological polar surface area (TPSA) is 96.2 Å². The zero-order valence-corrected chi connectivity index (χ0v) is 15.7. The Morgan fingerprint density at radius 1 is 1.41 bits per heavy atom. The first kappa shape index (κ1) is 19.3. The van der Waals surface area contributed by atoms with Gasteiger partial charge in [-0.3, -0.25) is 9.59 Å². The highest BCUT2D eigenvalue weighted by Gasteiger charge is 2.20. The molecular weight excluding hydrogens is 368 g/mol. The molecule has 0 fully saturated rings. The summed E-state index contributed by atoms with van der Waals surface area (Å²) in [6.07, 6.45) is 2.52. The summed E-state index contributed by atoms with van der Waals surface area (Å²) >= 11 is 5.95. The third-order valence-electron chi connectivity index (χ3n) is 4.26. The van der Waals surface area contributed by atoms with Crippen molar-refractivity contribution in [3.8, 4) is 11.3 Å². The number of halogens is 1. The summed E-state index contributed by atoms with van der Waals surface area (Å²) in [5.74, 6) is -0.539. The van der Waals surface area contributed by atoms with Gasteiger partial charge in [0, 0.05) is 41.8 Å². The number of hydrogen-bond donors (Lipinski definition) is 3. The van der Waals surface area contributed by atoms with E-state index in [1.165, 1.54) is 10.7 Å². The van der Waals surface area contributed by atoms with Crippen molar-refractivity contribution in [2.24, 2.45) is 0 Å². The molecule has 7 nitrogen and oxygen atoms in total. The van der Waals surface area contributed by atoms with Crippen LogP contribution >= 0.6 is 11.6 Å². The summed E-state index contributed by atoms with van der Waals surface area (Å²) in [6.45, 7) is 2.81. The molecule has 1 amide bonds. The molecule has 1 aromatic heterocycles. The largest absolute Gasteiger partial charge is 0.394 e. The van der Waals surface area contributed by atoms with E-state index in [9.17, 15) is 14.7 Å². The fourth-order valence-corrected chi connectivity index (χ4v) is 2.89. The summed E-state index contributed by atoms with van der Waals surface area (Å²) < 4.78 is 1.29. The molecule has 0 saturated carbocycles. The molecule has 3 rings (SSSR count). The third-order valence-corrected chi connectivity index (χ3v) is 4.51. The Bertz CT molecular complexity index is 922. The minimum Gasteiger partial charge on any atom is -0.394 e. The second-order valence-corrected chi connectivity index (χ2v) is 6.81. The van der Waals surface area contributed by atoms with E-state index in [-0.39, 0.29) is 12.2 Å². The number of carbonyl (C=O) groups excluding carboxylic acids is 1. The maximum absolute atomic E-state index is 12.9. The fraction of sp³-hybridized carbons (Fsp3) is 0.316. The van der Waals surface area contributed by atoms with E-state index in [1.807, 2.05) is 6.08 Å². The highest BCUT2D eigenvalue weighted by atomic mass is 35.5. The van der Waals surface area contributed by atoms with E-state index in [4.69, 9.17) is 11.6 Å². The number of nitrogens with zero attached hydrogens (tertiary/aromatic N) is 2. The van der Waals surface area contributed by atoms with Crippen molar-refractivity contribution in [1.29, 1.82) is 0 Å². The van der Waals surface area contributed by atoms with E-state index in [2.05, 4.69) is 15.7 Å². The molecule has 1 atom stereocenters.